The Labute approximate surface area is 216 Å². The minimum absolute atomic E-state index is 0.138. The predicted molar refractivity (Wildman–Crippen MR) is 136 cm³/mol. The lowest BCUT2D eigenvalue weighted by Gasteiger charge is -2.63. The molecule has 9 heteroatoms. The van der Waals surface area contributed by atoms with E-state index in [1.807, 2.05) is 0 Å². The number of aromatic nitrogens is 2. The number of halogens is 1. The van der Waals surface area contributed by atoms with Crippen LogP contribution in [-0.2, 0) is 0 Å². The molecule has 2 bridgehead atoms. The summed E-state index contributed by atoms with van der Waals surface area (Å²) in [5.74, 6) is 1.90. The molecule has 2 heterocycles. The van der Waals surface area contributed by atoms with Gasteiger partial charge in [-0.05, 0) is 36.8 Å². The summed E-state index contributed by atoms with van der Waals surface area (Å²) in [5, 5.41) is 22.2. The first-order valence-corrected chi connectivity index (χ1v) is 12.8. The third-order valence-corrected chi connectivity index (χ3v) is 8.82. The summed E-state index contributed by atoms with van der Waals surface area (Å²) in [7, 11) is 0. The van der Waals surface area contributed by atoms with Gasteiger partial charge in [0.25, 0.3) is 5.91 Å². The Morgan fingerprint density at radius 2 is 1.94 bits per heavy atom. The van der Waals surface area contributed by atoms with Crippen LogP contribution in [0.25, 0.3) is 0 Å². The zero-order chi connectivity index (χ0) is 25.8. The molecule has 36 heavy (non-hydrogen) atoms. The van der Waals surface area contributed by atoms with Crippen molar-refractivity contribution < 1.29 is 14.6 Å². The summed E-state index contributed by atoms with van der Waals surface area (Å²) < 4.78 is 6.30. The summed E-state index contributed by atoms with van der Waals surface area (Å²) >= 11 is 6.18. The Balaban J connectivity index is 1.24. The zero-order valence-electron chi connectivity index (χ0n) is 21.0. The number of ether oxygens (including phenoxy) is 1. The van der Waals surface area contributed by atoms with Crippen LogP contribution in [0.1, 0.15) is 56.5 Å². The smallest absolute Gasteiger partial charge is 0.254 e. The monoisotopic (exact) mass is 509 g/mol. The molecular weight excluding hydrogens is 478 g/mol. The van der Waals surface area contributed by atoms with Gasteiger partial charge in [0, 0.05) is 54.5 Å². The van der Waals surface area contributed by atoms with Gasteiger partial charge in [0.1, 0.15) is 17.9 Å². The number of anilines is 1. The Bertz CT molecular complexity index is 1190. The van der Waals surface area contributed by atoms with Crippen LogP contribution in [0, 0.1) is 34.0 Å². The molecular formula is C27H32ClN5O3. The average Bonchev–Trinajstić information content (AvgIpc) is 3.46. The van der Waals surface area contributed by atoms with Crippen molar-refractivity contribution in [3.8, 4) is 11.8 Å². The number of fused-ring (bicyclic) bond motifs is 2. The van der Waals surface area contributed by atoms with Crippen LogP contribution in [0.5, 0.6) is 5.75 Å². The molecule has 0 spiro atoms. The van der Waals surface area contributed by atoms with Crippen molar-refractivity contribution in [3.05, 3.63) is 46.7 Å². The van der Waals surface area contributed by atoms with Crippen LogP contribution >= 0.6 is 11.6 Å². The molecule has 1 aromatic carbocycles. The summed E-state index contributed by atoms with van der Waals surface area (Å²) in [6.07, 6.45) is 5.06. The maximum absolute atomic E-state index is 13.1. The number of nitrogens with zero attached hydrogens (tertiary/aromatic N) is 4. The van der Waals surface area contributed by atoms with Crippen LogP contribution in [0.4, 0.5) is 5.95 Å². The number of aliphatic hydroxyl groups excluding tert-OH is 1. The number of carbonyl (C=O) groups is 1. The number of hydrogen-bond donors (Lipinski definition) is 2. The second-order valence-electron chi connectivity index (χ2n) is 11.6. The number of carbonyl (C=O) groups excluding carboxylic acids is 1. The normalized spacial score (nSPS) is 29.4. The molecule has 2 N–H and O–H groups in total. The second kappa shape index (κ2) is 8.89. The van der Waals surface area contributed by atoms with E-state index < -0.39 is 0 Å². The molecule has 2 aromatic rings. The maximum atomic E-state index is 13.1. The molecule has 3 atom stereocenters. The Kier molecular flexibility index (Phi) is 6.12. The van der Waals surface area contributed by atoms with Crippen molar-refractivity contribution in [3.63, 3.8) is 0 Å². The van der Waals surface area contributed by atoms with Gasteiger partial charge in [-0.1, -0.05) is 39.3 Å². The number of nitrogens with one attached hydrogen (secondary N) is 1. The SMILES string of the molecule is CC1(C)C(NC(=O)c2cnc(N3CC4C[C@@H]3CC4CO)nc2)C(C)(C)C1Oc1ccc(C#N)c(Cl)c1. The first-order chi connectivity index (χ1) is 17.1. The molecule has 1 saturated heterocycles. The van der Waals surface area contributed by atoms with E-state index in [9.17, 15) is 9.90 Å². The highest BCUT2D eigenvalue weighted by Gasteiger charge is 2.64. The summed E-state index contributed by atoms with van der Waals surface area (Å²) in [5.41, 5.74) is 0.129. The molecule has 3 fully saturated rings. The lowest BCUT2D eigenvalue weighted by atomic mass is 9.49. The fourth-order valence-corrected chi connectivity index (χ4v) is 7.14. The van der Waals surface area contributed by atoms with Crippen molar-refractivity contribution in [2.75, 3.05) is 18.1 Å². The summed E-state index contributed by atoms with van der Waals surface area (Å²) in [6, 6.07) is 7.34. The molecule has 190 valence electrons. The average molecular weight is 510 g/mol. The van der Waals surface area contributed by atoms with Crippen molar-refractivity contribution in [1.29, 1.82) is 5.26 Å². The van der Waals surface area contributed by atoms with Crippen LogP contribution in [-0.4, -0.2) is 52.3 Å². The number of nitriles is 1. The van der Waals surface area contributed by atoms with Crippen LogP contribution in [0.3, 0.4) is 0 Å². The largest absolute Gasteiger partial charge is 0.489 e. The summed E-state index contributed by atoms with van der Waals surface area (Å²) in [6.45, 7) is 9.39. The molecule has 2 saturated carbocycles. The lowest BCUT2D eigenvalue weighted by molar-refractivity contribution is -0.164. The standard InChI is InChI=1S/C27H32ClN5O3/c1-26(2)23(27(3,4)24(26)36-20-6-5-15(10-29)21(28)9-20)32-22(35)18-11-30-25(31-12-18)33-13-16-7-19(33)8-17(16)14-34/h5-6,9,11-12,16-17,19,23-24,34H,7-8,13-14H2,1-4H3,(H,32,35)/t16?,17?,19-,23?,24?/m1/s1. The minimum atomic E-state index is -0.349. The minimum Gasteiger partial charge on any atom is -0.489 e. The number of aliphatic hydroxyl groups is 1. The van der Waals surface area contributed by atoms with Gasteiger partial charge in [0.05, 0.1) is 16.1 Å². The van der Waals surface area contributed by atoms with Crippen LogP contribution in [0.15, 0.2) is 30.6 Å². The lowest BCUT2D eigenvalue weighted by Crippen LogP contribution is -2.74. The number of hydrogen-bond acceptors (Lipinski definition) is 7. The van der Waals surface area contributed by atoms with Crippen molar-refractivity contribution >= 4 is 23.5 Å². The molecule has 2 unspecified atom stereocenters. The van der Waals surface area contributed by atoms with E-state index in [2.05, 4.69) is 53.9 Å². The van der Waals surface area contributed by atoms with E-state index in [0.717, 1.165) is 19.4 Å². The molecule has 2 aliphatic carbocycles. The molecule has 1 aromatic heterocycles. The number of piperidine rings is 1. The van der Waals surface area contributed by atoms with Gasteiger partial charge < -0.3 is 20.1 Å². The molecule has 0 radical (unpaired) electrons. The first kappa shape index (κ1) is 24.8. The van der Waals surface area contributed by atoms with E-state index in [1.54, 1.807) is 30.6 Å². The highest BCUT2D eigenvalue weighted by Crippen LogP contribution is 2.55. The van der Waals surface area contributed by atoms with Gasteiger partial charge in [-0.3, -0.25) is 4.79 Å². The fourth-order valence-electron chi connectivity index (χ4n) is 6.93. The highest BCUT2D eigenvalue weighted by molar-refractivity contribution is 6.31. The zero-order valence-corrected chi connectivity index (χ0v) is 21.8. The number of rotatable bonds is 6. The van der Waals surface area contributed by atoms with Gasteiger partial charge in [0.15, 0.2) is 0 Å². The second-order valence-corrected chi connectivity index (χ2v) is 12.0. The van der Waals surface area contributed by atoms with E-state index in [0.29, 0.717) is 45.7 Å². The van der Waals surface area contributed by atoms with Crippen LogP contribution in [0.2, 0.25) is 5.02 Å². The van der Waals surface area contributed by atoms with Gasteiger partial charge in [-0.25, -0.2) is 9.97 Å². The van der Waals surface area contributed by atoms with Crippen molar-refractivity contribution in [2.45, 2.75) is 58.7 Å². The Morgan fingerprint density at radius 3 is 2.50 bits per heavy atom. The number of benzene rings is 1. The first-order valence-electron chi connectivity index (χ1n) is 12.4. The van der Waals surface area contributed by atoms with E-state index in [-0.39, 0.29) is 35.5 Å². The predicted octanol–water partition coefficient (Wildman–Crippen LogP) is 3.82. The fraction of sp³-hybridized carbons (Fsp3) is 0.556. The quantitative estimate of drug-likeness (QED) is 0.608. The molecule has 8 nitrogen and oxygen atoms in total. The Hall–Kier alpha value is -2.89. The molecule has 1 aliphatic heterocycles. The van der Waals surface area contributed by atoms with Crippen LogP contribution < -0.4 is 15.0 Å². The van der Waals surface area contributed by atoms with Gasteiger partial charge in [-0.2, -0.15) is 5.26 Å². The summed E-state index contributed by atoms with van der Waals surface area (Å²) in [4.78, 5) is 24.3. The van der Waals surface area contributed by atoms with E-state index >= 15 is 0 Å². The molecule has 3 aliphatic rings. The van der Waals surface area contributed by atoms with Gasteiger partial charge in [-0.15, -0.1) is 0 Å². The molecule has 5 rings (SSSR count). The van der Waals surface area contributed by atoms with Gasteiger partial charge >= 0.3 is 0 Å². The highest BCUT2D eigenvalue weighted by atomic mass is 35.5. The van der Waals surface area contributed by atoms with Crippen molar-refractivity contribution in [2.24, 2.45) is 22.7 Å². The molecule has 1 amide bonds. The van der Waals surface area contributed by atoms with Crippen molar-refractivity contribution in [1.82, 2.24) is 15.3 Å². The van der Waals surface area contributed by atoms with E-state index in [4.69, 9.17) is 21.6 Å². The third-order valence-electron chi connectivity index (χ3n) is 8.51. The third kappa shape index (κ3) is 3.99. The maximum Gasteiger partial charge on any atom is 0.254 e. The Morgan fingerprint density at radius 1 is 1.25 bits per heavy atom. The van der Waals surface area contributed by atoms with Gasteiger partial charge in [0.2, 0.25) is 5.95 Å². The number of amides is 1. The van der Waals surface area contributed by atoms with E-state index in [1.165, 1.54) is 0 Å². The topological polar surface area (TPSA) is 111 Å².